The van der Waals surface area contributed by atoms with Gasteiger partial charge in [0.25, 0.3) is 5.56 Å². The molecule has 0 aliphatic rings. The van der Waals surface area contributed by atoms with E-state index in [0.717, 1.165) is 6.42 Å². The third kappa shape index (κ3) is 3.41. The molecule has 1 aromatic heterocycles. The molecule has 0 saturated carbocycles. The fourth-order valence-electron chi connectivity index (χ4n) is 1.24. The highest BCUT2D eigenvalue weighted by Crippen LogP contribution is 2.06. The van der Waals surface area contributed by atoms with Gasteiger partial charge in [-0.05, 0) is 6.42 Å². The van der Waals surface area contributed by atoms with E-state index >= 15 is 0 Å². The van der Waals surface area contributed by atoms with Crippen molar-refractivity contribution < 1.29 is 9.90 Å². The standard InChI is InChI=1S/C9H13N3O3/c1-2-3-12(5-9(14)15)7-4-8(13)11-6-10-7/h4,6H,2-3,5H2,1H3,(H,14,15)(H,10,11,13). The van der Waals surface area contributed by atoms with Gasteiger partial charge < -0.3 is 15.0 Å². The van der Waals surface area contributed by atoms with Crippen molar-refractivity contribution >= 4 is 11.8 Å². The number of aromatic amines is 1. The van der Waals surface area contributed by atoms with Crippen LogP contribution in [0, 0.1) is 0 Å². The summed E-state index contributed by atoms with van der Waals surface area (Å²) in [7, 11) is 0. The molecule has 0 bridgehead atoms. The number of carboxylic acids is 1. The topological polar surface area (TPSA) is 86.3 Å². The molecule has 0 unspecified atom stereocenters. The van der Waals surface area contributed by atoms with E-state index < -0.39 is 5.97 Å². The summed E-state index contributed by atoms with van der Waals surface area (Å²) < 4.78 is 0. The number of hydrogen-bond acceptors (Lipinski definition) is 4. The quantitative estimate of drug-likeness (QED) is 0.719. The van der Waals surface area contributed by atoms with Gasteiger partial charge in [-0.2, -0.15) is 0 Å². The molecule has 0 spiro atoms. The molecule has 0 atom stereocenters. The summed E-state index contributed by atoms with van der Waals surface area (Å²) in [6.07, 6.45) is 2.06. The van der Waals surface area contributed by atoms with Crippen molar-refractivity contribution in [1.82, 2.24) is 9.97 Å². The average Bonchev–Trinajstić information content (AvgIpc) is 2.16. The van der Waals surface area contributed by atoms with E-state index in [4.69, 9.17) is 5.11 Å². The molecule has 1 heterocycles. The first-order chi connectivity index (χ1) is 7.13. The van der Waals surface area contributed by atoms with Crippen LogP contribution in [0.1, 0.15) is 13.3 Å². The van der Waals surface area contributed by atoms with Gasteiger partial charge in [0.05, 0.1) is 6.33 Å². The van der Waals surface area contributed by atoms with Gasteiger partial charge in [0, 0.05) is 12.6 Å². The van der Waals surface area contributed by atoms with Gasteiger partial charge in [-0.3, -0.25) is 9.59 Å². The second-order valence-electron chi connectivity index (χ2n) is 3.08. The van der Waals surface area contributed by atoms with Crippen molar-refractivity contribution in [3.05, 3.63) is 22.7 Å². The van der Waals surface area contributed by atoms with Crippen LogP contribution in [0.3, 0.4) is 0 Å². The van der Waals surface area contributed by atoms with Gasteiger partial charge in [0.2, 0.25) is 0 Å². The largest absolute Gasteiger partial charge is 0.480 e. The van der Waals surface area contributed by atoms with Crippen LogP contribution in [-0.2, 0) is 4.79 Å². The first-order valence-electron chi connectivity index (χ1n) is 4.65. The third-order valence-electron chi connectivity index (χ3n) is 1.81. The minimum Gasteiger partial charge on any atom is -0.480 e. The lowest BCUT2D eigenvalue weighted by atomic mass is 10.4. The van der Waals surface area contributed by atoms with E-state index in [-0.39, 0.29) is 12.1 Å². The summed E-state index contributed by atoms with van der Waals surface area (Å²) in [6.45, 7) is 2.34. The summed E-state index contributed by atoms with van der Waals surface area (Å²) in [5.74, 6) is -0.548. The van der Waals surface area contributed by atoms with Gasteiger partial charge in [0.15, 0.2) is 0 Å². The third-order valence-corrected chi connectivity index (χ3v) is 1.81. The van der Waals surface area contributed by atoms with Gasteiger partial charge in [-0.25, -0.2) is 4.98 Å². The molecule has 0 aliphatic carbocycles. The molecule has 15 heavy (non-hydrogen) atoms. The number of carbonyl (C=O) groups is 1. The number of nitrogens with zero attached hydrogens (tertiary/aromatic N) is 2. The zero-order valence-electron chi connectivity index (χ0n) is 8.43. The maximum Gasteiger partial charge on any atom is 0.323 e. The van der Waals surface area contributed by atoms with Crippen LogP contribution in [-0.4, -0.2) is 34.1 Å². The molecule has 0 saturated heterocycles. The molecule has 1 aromatic rings. The normalized spacial score (nSPS) is 9.93. The lowest BCUT2D eigenvalue weighted by Crippen LogP contribution is -2.32. The Bertz CT molecular complexity index is 388. The van der Waals surface area contributed by atoms with Gasteiger partial charge >= 0.3 is 5.97 Å². The lowest BCUT2D eigenvalue weighted by molar-refractivity contribution is -0.135. The maximum atomic E-state index is 11.0. The number of anilines is 1. The van der Waals surface area contributed by atoms with Crippen LogP contribution in [0.25, 0.3) is 0 Å². The van der Waals surface area contributed by atoms with Crippen LogP contribution in [0.2, 0.25) is 0 Å². The Morgan fingerprint density at radius 2 is 2.40 bits per heavy atom. The second-order valence-corrected chi connectivity index (χ2v) is 3.08. The highest BCUT2D eigenvalue weighted by atomic mass is 16.4. The summed E-state index contributed by atoms with van der Waals surface area (Å²) in [5.41, 5.74) is -0.286. The number of hydrogen-bond donors (Lipinski definition) is 2. The van der Waals surface area contributed by atoms with Crippen molar-refractivity contribution in [2.45, 2.75) is 13.3 Å². The van der Waals surface area contributed by atoms with Gasteiger partial charge in [-0.1, -0.05) is 6.92 Å². The van der Waals surface area contributed by atoms with Crippen molar-refractivity contribution in [3.63, 3.8) is 0 Å². The van der Waals surface area contributed by atoms with Crippen molar-refractivity contribution in [1.29, 1.82) is 0 Å². The van der Waals surface area contributed by atoms with Gasteiger partial charge in [0.1, 0.15) is 12.4 Å². The van der Waals surface area contributed by atoms with Crippen LogP contribution >= 0.6 is 0 Å². The number of carboxylic acid groups (broad SMARTS) is 1. The molecular weight excluding hydrogens is 198 g/mol. The fourth-order valence-corrected chi connectivity index (χ4v) is 1.24. The zero-order valence-corrected chi connectivity index (χ0v) is 8.43. The second kappa shape index (κ2) is 5.14. The molecule has 0 radical (unpaired) electrons. The van der Waals surface area contributed by atoms with Crippen LogP contribution in [0.15, 0.2) is 17.2 Å². The Balaban J connectivity index is 2.87. The Kier molecular flexibility index (Phi) is 3.84. The molecule has 6 nitrogen and oxygen atoms in total. The summed E-state index contributed by atoms with van der Waals surface area (Å²) in [4.78, 5) is 29.5. The summed E-state index contributed by atoms with van der Waals surface area (Å²) >= 11 is 0. The predicted octanol–water partition coefficient (Wildman–Crippen LogP) is 0.0709. The van der Waals surface area contributed by atoms with Crippen molar-refractivity contribution in [2.24, 2.45) is 0 Å². The highest BCUT2D eigenvalue weighted by Gasteiger charge is 2.10. The van der Waals surface area contributed by atoms with E-state index in [0.29, 0.717) is 12.4 Å². The molecule has 0 aromatic carbocycles. The molecule has 0 amide bonds. The predicted molar refractivity (Wildman–Crippen MR) is 55.0 cm³/mol. The van der Waals surface area contributed by atoms with E-state index in [1.165, 1.54) is 12.4 Å². The zero-order chi connectivity index (χ0) is 11.3. The van der Waals surface area contributed by atoms with Crippen LogP contribution in [0.5, 0.6) is 0 Å². The number of aromatic nitrogens is 2. The van der Waals surface area contributed by atoms with Gasteiger partial charge in [-0.15, -0.1) is 0 Å². The molecule has 0 aliphatic heterocycles. The van der Waals surface area contributed by atoms with E-state index in [1.807, 2.05) is 6.92 Å². The number of aliphatic carboxylic acids is 1. The maximum absolute atomic E-state index is 11.0. The van der Waals surface area contributed by atoms with Crippen molar-refractivity contribution in [2.75, 3.05) is 18.0 Å². The number of H-pyrrole nitrogens is 1. The molecular formula is C9H13N3O3. The van der Waals surface area contributed by atoms with E-state index in [1.54, 1.807) is 4.90 Å². The minimum absolute atomic E-state index is 0.149. The molecule has 2 N–H and O–H groups in total. The van der Waals surface area contributed by atoms with Crippen LogP contribution in [0.4, 0.5) is 5.82 Å². The lowest BCUT2D eigenvalue weighted by Gasteiger charge is -2.20. The fraction of sp³-hybridized carbons (Fsp3) is 0.444. The Morgan fingerprint density at radius 1 is 1.67 bits per heavy atom. The summed E-state index contributed by atoms with van der Waals surface area (Å²) in [5, 5.41) is 8.69. The number of nitrogens with one attached hydrogen (secondary N) is 1. The molecule has 0 fully saturated rings. The van der Waals surface area contributed by atoms with E-state index in [2.05, 4.69) is 9.97 Å². The molecule has 1 rings (SSSR count). The Hall–Kier alpha value is -1.85. The highest BCUT2D eigenvalue weighted by molar-refractivity contribution is 5.73. The summed E-state index contributed by atoms with van der Waals surface area (Å²) in [6, 6.07) is 1.29. The minimum atomic E-state index is -0.939. The smallest absolute Gasteiger partial charge is 0.323 e. The van der Waals surface area contributed by atoms with E-state index in [9.17, 15) is 9.59 Å². The average molecular weight is 211 g/mol. The monoisotopic (exact) mass is 211 g/mol. The van der Waals surface area contributed by atoms with Crippen LogP contribution < -0.4 is 10.5 Å². The molecule has 82 valence electrons. The SMILES string of the molecule is CCCN(CC(=O)O)c1cc(=O)[nH]cn1. The Labute approximate surface area is 86.6 Å². The Morgan fingerprint density at radius 3 is 2.93 bits per heavy atom. The first kappa shape index (κ1) is 11.2. The first-order valence-corrected chi connectivity index (χ1v) is 4.65. The molecule has 6 heteroatoms. The van der Waals surface area contributed by atoms with Crippen molar-refractivity contribution in [3.8, 4) is 0 Å². The number of rotatable bonds is 5.